The molecule has 0 N–H and O–H groups in total. The SMILES string of the molecule is COc1cc(C)cc(C)c1C(=O)C1CCC(C)C1. The third kappa shape index (κ3) is 2.43. The summed E-state index contributed by atoms with van der Waals surface area (Å²) < 4.78 is 5.39. The van der Waals surface area contributed by atoms with Crippen molar-refractivity contribution in [3.05, 3.63) is 28.8 Å². The number of ether oxygens (including phenoxy) is 1. The third-order valence-electron chi connectivity index (χ3n) is 3.98. The number of benzene rings is 1. The molecule has 2 unspecified atom stereocenters. The normalized spacial score (nSPS) is 23.1. The molecule has 1 aromatic carbocycles. The van der Waals surface area contributed by atoms with E-state index >= 15 is 0 Å². The van der Waals surface area contributed by atoms with E-state index in [1.807, 2.05) is 19.9 Å². The van der Waals surface area contributed by atoms with E-state index in [1.165, 1.54) is 6.42 Å². The van der Waals surface area contributed by atoms with E-state index in [1.54, 1.807) is 7.11 Å². The van der Waals surface area contributed by atoms with Crippen molar-refractivity contribution in [1.82, 2.24) is 0 Å². The highest BCUT2D eigenvalue weighted by Gasteiger charge is 2.30. The maximum atomic E-state index is 12.6. The van der Waals surface area contributed by atoms with Crippen LogP contribution < -0.4 is 4.74 Å². The lowest BCUT2D eigenvalue weighted by Crippen LogP contribution is -2.14. The van der Waals surface area contributed by atoms with Crippen molar-refractivity contribution in [3.8, 4) is 5.75 Å². The minimum absolute atomic E-state index is 0.190. The van der Waals surface area contributed by atoms with E-state index in [9.17, 15) is 4.79 Å². The second-order valence-corrected chi connectivity index (χ2v) is 5.64. The average molecular weight is 246 g/mol. The highest BCUT2D eigenvalue weighted by atomic mass is 16.5. The molecule has 18 heavy (non-hydrogen) atoms. The Hall–Kier alpha value is -1.31. The number of rotatable bonds is 3. The molecular formula is C16H22O2. The first-order valence-electron chi connectivity index (χ1n) is 6.72. The summed E-state index contributed by atoms with van der Waals surface area (Å²) in [5, 5.41) is 0. The molecule has 98 valence electrons. The van der Waals surface area contributed by atoms with E-state index in [4.69, 9.17) is 4.74 Å². The highest BCUT2D eigenvalue weighted by Crippen LogP contribution is 2.36. The molecule has 1 saturated carbocycles. The van der Waals surface area contributed by atoms with Crippen molar-refractivity contribution in [1.29, 1.82) is 0 Å². The van der Waals surface area contributed by atoms with Gasteiger partial charge in [0.1, 0.15) is 5.75 Å². The van der Waals surface area contributed by atoms with Gasteiger partial charge in [0.05, 0.1) is 12.7 Å². The van der Waals surface area contributed by atoms with E-state index in [0.717, 1.165) is 35.3 Å². The van der Waals surface area contributed by atoms with Gasteiger partial charge in [-0.05, 0) is 56.2 Å². The van der Waals surface area contributed by atoms with Crippen molar-refractivity contribution >= 4 is 5.78 Å². The van der Waals surface area contributed by atoms with Crippen molar-refractivity contribution in [2.24, 2.45) is 11.8 Å². The molecule has 1 aliphatic carbocycles. The van der Waals surface area contributed by atoms with E-state index in [0.29, 0.717) is 5.92 Å². The van der Waals surface area contributed by atoms with Crippen LogP contribution in [0, 0.1) is 25.7 Å². The molecule has 0 aliphatic heterocycles. The van der Waals surface area contributed by atoms with Gasteiger partial charge in [-0.1, -0.05) is 13.0 Å². The van der Waals surface area contributed by atoms with E-state index in [2.05, 4.69) is 13.0 Å². The Bertz CT molecular complexity index is 462. The number of Topliss-reactive ketones (excluding diaryl/α,β-unsaturated/α-hetero) is 1. The van der Waals surface area contributed by atoms with Gasteiger partial charge >= 0.3 is 0 Å². The minimum atomic E-state index is 0.190. The Morgan fingerprint density at radius 2 is 2.00 bits per heavy atom. The van der Waals surface area contributed by atoms with Gasteiger partial charge < -0.3 is 4.74 Å². The Morgan fingerprint density at radius 1 is 1.28 bits per heavy atom. The largest absolute Gasteiger partial charge is 0.496 e. The van der Waals surface area contributed by atoms with Crippen molar-refractivity contribution < 1.29 is 9.53 Å². The number of hydrogen-bond acceptors (Lipinski definition) is 2. The summed E-state index contributed by atoms with van der Waals surface area (Å²) in [6.45, 7) is 6.26. The monoisotopic (exact) mass is 246 g/mol. The first-order chi connectivity index (χ1) is 8.52. The standard InChI is InChI=1S/C16H22O2/c1-10-5-6-13(8-10)16(17)15-12(3)7-11(2)9-14(15)18-4/h7,9-10,13H,5-6,8H2,1-4H3. The highest BCUT2D eigenvalue weighted by molar-refractivity contribution is 6.01. The summed E-state index contributed by atoms with van der Waals surface area (Å²) in [6, 6.07) is 4.02. The molecule has 0 saturated heterocycles. The van der Waals surface area contributed by atoms with Gasteiger partial charge in [-0.15, -0.1) is 0 Å². The fourth-order valence-corrected chi connectivity index (χ4v) is 3.05. The van der Waals surface area contributed by atoms with Gasteiger partial charge in [0.2, 0.25) is 0 Å². The zero-order valence-corrected chi connectivity index (χ0v) is 11.7. The Balaban J connectivity index is 2.35. The molecule has 1 aromatic rings. The molecule has 0 bridgehead atoms. The Morgan fingerprint density at radius 3 is 2.56 bits per heavy atom. The maximum absolute atomic E-state index is 12.6. The summed E-state index contributed by atoms with van der Waals surface area (Å²) in [7, 11) is 1.64. The van der Waals surface area contributed by atoms with Gasteiger partial charge in [0, 0.05) is 5.92 Å². The lowest BCUT2D eigenvalue weighted by molar-refractivity contribution is 0.0916. The summed E-state index contributed by atoms with van der Waals surface area (Å²) in [5.74, 6) is 1.87. The molecule has 1 aliphatic rings. The van der Waals surface area contributed by atoms with Gasteiger partial charge in [-0.3, -0.25) is 4.79 Å². The van der Waals surface area contributed by atoms with Gasteiger partial charge in [0.15, 0.2) is 5.78 Å². The lowest BCUT2D eigenvalue weighted by atomic mass is 9.91. The smallest absolute Gasteiger partial charge is 0.169 e. The summed E-state index contributed by atoms with van der Waals surface area (Å²) >= 11 is 0. The molecule has 0 spiro atoms. The van der Waals surface area contributed by atoms with Gasteiger partial charge in [0.25, 0.3) is 0 Å². The number of ketones is 1. The number of carbonyl (C=O) groups is 1. The average Bonchev–Trinajstić information content (AvgIpc) is 2.74. The summed E-state index contributed by atoms with van der Waals surface area (Å²) in [6.07, 6.45) is 3.22. The molecule has 0 heterocycles. The predicted octanol–water partition coefficient (Wildman–Crippen LogP) is 3.93. The molecule has 1 fully saturated rings. The minimum Gasteiger partial charge on any atom is -0.496 e. The molecule has 2 nitrogen and oxygen atoms in total. The van der Waals surface area contributed by atoms with Crippen molar-refractivity contribution in [2.45, 2.75) is 40.0 Å². The van der Waals surface area contributed by atoms with Gasteiger partial charge in [-0.2, -0.15) is 0 Å². The van der Waals surface area contributed by atoms with Crippen LogP contribution in [0.4, 0.5) is 0 Å². The Kier molecular flexibility index (Phi) is 3.74. The second-order valence-electron chi connectivity index (χ2n) is 5.64. The molecule has 2 heteroatoms. The predicted molar refractivity (Wildman–Crippen MR) is 73.3 cm³/mol. The quantitative estimate of drug-likeness (QED) is 0.755. The van der Waals surface area contributed by atoms with Crippen LogP contribution in [0.1, 0.15) is 47.7 Å². The molecule has 0 radical (unpaired) electrons. The maximum Gasteiger partial charge on any atom is 0.169 e. The fourth-order valence-electron chi connectivity index (χ4n) is 3.05. The fraction of sp³-hybridized carbons (Fsp3) is 0.562. The number of hydrogen-bond donors (Lipinski definition) is 0. The molecule has 2 atom stereocenters. The second kappa shape index (κ2) is 5.13. The van der Waals surface area contributed by atoms with Crippen LogP contribution in [0.15, 0.2) is 12.1 Å². The molecule has 0 aromatic heterocycles. The Labute approximate surface area is 109 Å². The zero-order chi connectivity index (χ0) is 13.3. The number of aryl methyl sites for hydroxylation is 2. The summed E-state index contributed by atoms with van der Waals surface area (Å²) in [4.78, 5) is 12.6. The molecule has 0 amide bonds. The third-order valence-corrected chi connectivity index (χ3v) is 3.98. The number of carbonyl (C=O) groups excluding carboxylic acids is 1. The first-order valence-corrected chi connectivity index (χ1v) is 6.72. The van der Waals surface area contributed by atoms with Crippen molar-refractivity contribution in [3.63, 3.8) is 0 Å². The van der Waals surface area contributed by atoms with Crippen LogP contribution in [0.25, 0.3) is 0 Å². The van der Waals surface area contributed by atoms with Crippen LogP contribution in [0.5, 0.6) is 5.75 Å². The molecule has 2 rings (SSSR count). The van der Waals surface area contributed by atoms with Crippen LogP contribution in [0.3, 0.4) is 0 Å². The first kappa shape index (κ1) is 13.1. The van der Waals surface area contributed by atoms with Crippen LogP contribution in [-0.2, 0) is 0 Å². The lowest BCUT2D eigenvalue weighted by Gasteiger charge is -2.15. The zero-order valence-electron chi connectivity index (χ0n) is 11.7. The van der Waals surface area contributed by atoms with Gasteiger partial charge in [-0.25, -0.2) is 0 Å². The summed E-state index contributed by atoms with van der Waals surface area (Å²) in [5.41, 5.74) is 2.97. The topological polar surface area (TPSA) is 26.3 Å². The van der Waals surface area contributed by atoms with Crippen LogP contribution >= 0.6 is 0 Å². The van der Waals surface area contributed by atoms with E-state index < -0.39 is 0 Å². The molecular weight excluding hydrogens is 224 g/mol. The van der Waals surface area contributed by atoms with E-state index in [-0.39, 0.29) is 11.7 Å². The van der Waals surface area contributed by atoms with Crippen LogP contribution in [0.2, 0.25) is 0 Å². The van der Waals surface area contributed by atoms with Crippen molar-refractivity contribution in [2.75, 3.05) is 7.11 Å². The number of methoxy groups -OCH3 is 1. The van der Waals surface area contributed by atoms with Crippen LogP contribution in [-0.4, -0.2) is 12.9 Å².